The second-order valence-corrected chi connectivity index (χ2v) is 3.64. The van der Waals surface area contributed by atoms with E-state index >= 15 is 0 Å². The molecule has 1 heterocycles. The summed E-state index contributed by atoms with van der Waals surface area (Å²) in [5.41, 5.74) is 0. The average molecular weight is 148 g/mol. The molecule has 0 N–H and O–H groups in total. The van der Waals surface area contributed by atoms with Gasteiger partial charge in [-0.2, -0.15) is 8.42 Å². The van der Waals surface area contributed by atoms with Crippen LogP contribution in [0.25, 0.3) is 0 Å². The molecule has 1 fully saturated rings. The van der Waals surface area contributed by atoms with Crippen molar-refractivity contribution in [3.05, 3.63) is 12.7 Å². The van der Waals surface area contributed by atoms with E-state index in [-0.39, 0.29) is 11.9 Å². The zero-order chi connectivity index (χ0) is 6.91. The Labute approximate surface area is 54.5 Å². The molecule has 0 aliphatic carbocycles. The van der Waals surface area contributed by atoms with Crippen LogP contribution in [0.4, 0.5) is 0 Å². The van der Waals surface area contributed by atoms with E-state index in [2.05, 4.69) is 10.8 Å². The molecule has 4 heteroatoms. The first-order valence-electron chi connectivity index (χ1n) is 2.67. The van der Waals surface area contributed by atoms with Crippen molar-refractivity contribution >= 4 is 10.1 Å². The van der Waals surface area contributed by atoms with Crippen molar-refractivity contribution < 1.29 is 12.6 Å². The van der Waals surface area contributed by atoms with Gasteiger partial charge in [0.2, 0.25) is 0 Å². The summed E-state index contributed by atoms with van der Waals surface area (Å²) >= 11 is 0. The van der Waals surface area contributed by atoms with Crippen molar-refractivity contribution in [3.8, 4) is 0 Å². The molecule has 1 saturated heterocycles. The second kappa shape index (κ2) is 2.11. The highest BCUT2D eigenvalue weighted by Gasteiger charge is 2.25. The van der Waals surface area contributed by atoms with Crippen LogP contribution in [0.15, 0.2) is 12.7 Å². The van der Waals surface area contributed by atoms with E-state index in [9.17, 15) is 8.42 Å². The van der Waals surface area contributed by atoms with Gasteiger partial charge in [0, 0.05) is 0 Å². The van der Waals surface area contributed by atoms with Gasteiger partial charge in [0.05, 0.1) is 11.9 Å². The van der Waals surface area contributed by atoms with Crippen molar-refractivity contribution in [3.63, 3.8) is 0 Å². The van der Waals surface area contributed by atoms with Crippen LogP contribution in [0.2, 0.25) is 0 Å². The zero-order valence-electron chi connectivity index (χ0n) is 4.91. The summed E-state index contributed by atoms with van der Waals surface area (Å²) in [6, 6.07) is 0. The normalized spacial score (nSPS) is 32.2. The lowest BCUT2D eigenvalue weighted by molar-refractivity contribution is 0.286. The highest BCUT2D eigenvalue weighted by molar-refractivity contribution is 7.86. The van der Waals surface area contributed by atoms with Gasteiger partial charge in [-0.15, -0.1) is 6.58 Å². The third kappa shape index (κ3) is 1.53. The molecule has 1 atom stereocenters. The summed E-state index contributed by atoms with van der Waals surface area (Å²) in [6.45, 7) is 3.42. The molecule has 52 valence electrons. The van der Waals surface area contributed by atoms with Gasteiger partial charge in [-0.3, -0.25) is 4.18 Å². The Morgan fingerprint density at radius 3 is 2.56 bits per heavy atom. The Bertz CT molecular complexity index is 204. The van der Waals surface area contributed by atoms with Crippen LogP contribution in [0.1, 0.15) is 6.42 Å². The fraction of sp³-hybridized carbons (Fsp3) is 0.600. The summed E-state index contributed by atoms with van der Waals surface area (Å²) in [5, 5.41) is 0. The molecule has 0 aromatic heterocycles. The Hall–Kier alpha value is -0.350. The number of hydrogen-bond donors (Lipinski definition) is 0. The fourth-order valence-corrected chi connectivity index (χ4v) is 1.87. The first-order chi connectivity index (χ1) is 4.14. The van der Waals surface area contributed by atoms with Crippen molar-refractivity contribution in [2.45, 2.75) is 12.5 Å². The van der Waals surface area contributed by atoms with Gasteiger partial charge in [0.25, 0.3) is 10.1 Å². The molecule has 1 aliphatic heterocycles. The summed E-state index contributed by atoms with van der Waals surface area (Å²) in [5.74, 6) is 0.129. The molecular formula is C5H8O3S. The van der Waals surface area contributed by atoms with Gasteiger partial charge >= 0.3 is 0 Å². The molecule has 3 nitrogen and oxygen atoms in total. The average Bonchev–Trinajstić information content (AvgIpc) is 2.10. The fourth-order valence-electron chi connectivity index (χ4n) is 0.702. The van der Waals surface area contributed by atoms with E-state index in [0.29, 0.717) is 6.42 Å². The highest BCUT2D eigenvalue weighted by atomic mass is 32.2. The first-order valence-corrected chi connectivity index (χ1v) is 4.25. The monoisotopic (exact) mass is 148 g/mol. The van der Waals surface area contributed by atoms with E-state index < -0.39 is 10.1 Å². The second-order valence-electron chi connectivity index (χ2n) is 1.92. The molecule has 1 rings (SSSR count). The largest absolute Gasteiger partial charge is 0.267 e. The number of hydrogen-bond acceptors (Lipinski definition) is 3. The summed E-state index contributed by atoms with van der Waals surface area (Å²) in [4.78, 5) is 0. The molecule has 0 bridgehead atoms. The predicted molar refractivity (Wildman–Crippen MR) is 33.5 cm³/mol. The van der Waals surface area contributed by atoms with Crippen molar-refractivity contribution in [1.82, 2.24) is 0 Å². The minimum atomic E-state index is -3.18. The van der Waals surface area contributed by atoms with Gasteiger partial charge in [-0.25, -0.2) is 0 Å². The van der Waals surface area contributed by atoms with Crippen LogP contribution >= 0.6 is 0 Å². The Kier molecular flexibility index (Phi) is 1.59. The lowest BCUT2D eigenvalue weighted by Gasteiger charge is -1.95. The third-order valence-corrected chi connectivity index (χ3v) is 2.46. The number of rotatable bonds is 1. The van der Waals surface area contributed by atoms with Gasteiger partial charge in [0.1, 0.15) is 0 Å². The molecule has 1 unspecified atom stereocenters. The third-order valence-electron chi connectivity index (χ3n) is 1.19. The summed E-state index contributed by atoms with van der Waals surface area (Å²) < 4.78 is 25.6. The Morgan fingerprint density at radius 2 is 2.33 bits per heavy atom. The van der Waals surface area contributed by atoms with Crippen LogP contribution in [0, 0.1) is 0 Å². The minimum Gasteiger partial charge on any atom is -0.263 e. The standard InChI is InChI=1S/C5H8O3S/c1-2-5-3-4-9(6,7)8-5/h2,5H,1,3-4H2. The van der Waals surface area contributed by atoms with Crippen molar-refractivity contribution in [2.24, 2.45) is 0 Å². The van der Waals surface area contributed by atoms with Crippen LogP contribution in [-0.2, 0) is 14.3 Å². The van der Waals surface area contributed by atoms with Crippen LogP contribution < -0.4 is 0 Å². The smallest absolute Gasteiger partial charge is 0.263 e. The first kappa shape index (κ1) is 6.77. The lowest BCUT2D eigenvalue weighted by atomic mass is 10.3. The topological polar surface area (TPSA) is 43.4 Å². The quantitative estimate of drug-likeness (QED) is 0.396. The van der Waals surface area contributed by atoms with Gasteiger partial charge in [0.15, 0.2) is 0 Å². The lowest BCUT2D eigenvalue weighted by Crippen LogP contribution is -2.02. The molecule has 0 aromatic rings. The molecule has 9 heavy (non-hydrogen) atoms. The Balaban J connectivity index is 2.68. The Morgan fingerprint density at radius 1 is 1.67 bits per heavy atom. The van der Waals surface area contributed by atoms with E-state index in [1.54, 1.807) is 0 Å². The molecule has 0 spiro atoms. The van der Waals surface area contributed by atoms with Crippen LogP contribution in [-0.4, -0.2) is 20.3 Å². The molecule has 0 radical (unpaired) electrons. The van der Waals surface area contributed by atoms with E-state index in [1.807, 2.05) is 0 Å². The maximum atomic E-state index is 10.5. The predicted octanol–water partition coefficient (Wildman–Crippen LogP) is 0.291. The molecule has 0 amide bonds. The maximum Gasteiger partial charge on any atom is 0.267 e. The van der Waals surface area contributed by atoms with E-state index in [4.69, 9.17) is 0 Å². The SMILES string of the molecule is C=CC1CCS(=O)(=O)O1. The molecular weight excluding hydrogens is 140 g/mol. The van der Waals surface area contributed by atoms with E-state index in [0.717, 1.165) is 0 Å². The minimum absolute atomic E-state index is 0.129. The van der Waals surface area contributed by atoms with Gasteiger partial charge < -0.3 is 0 Å². The summed E-state index contributed by atoms with van der Waals surface area (Å²) in [6.07, 6.45) is 1.77. The molecule has 1 aliphatic rings. The highest BCUT2D eigenvalue weighted by Crippen LogP contribution is 2.15. The van der Waals surface area contributed by atoms with Crippen molar-refractivity contribution in [1.29, 1.82) is 0 Å². The van der Waals surface area contributed by atoms with Crippen LogP contribution in [0.3, 0.4) is 0 Å². The van der Waals surface area contributed by atoms with Gasteiger partial charge in [-0.05, 0) is 6.42 Å². The molecule has 0 saturated carbocycles. The zero-order valence-corrected chi connectivity index (χ0v) is 5.73. The van der Waals surface area contributed by atoms with Gasteiger partial charge in [-0.1, -0.05) is 6.08 Å². The maximum absolute atomic E-state index is 10.5. The summed E-state index contributed by atoms with van der Waals surface area (Å²) in [7, 11) is -3.18. The van der Waals surface area contributed by atoms with E-state index in [1.165, 1.54) is 6.08 Å². The van der Waals surface area contributed by atoms with Crippen molar-refractivity contribution in [2.75, 3.05) is 5.75 Å². The molecule has 0 aromatic carbocycles. The van der Waals surface area contributed by atoms with Crippen LogP contribution in [0.5, 0.6) is 0 Å².